The van der Waals surface area contributed by atoms with E-state index in [1.54, 1.807) is 24.3 Å². The van der Waals surface area contributed by atoms with Gasteiger partial charge in [-0.15, -0.1) is 0 Å². The first-order valence-electron chi connectivity index (χ1n) is 6.03. The maximum absolute atomic E-state index is 12.4. The Bertz CT molecular complexity index is 633. The maximum atomic E-state index is 12.4. The molecule has 0 heterocycles. The highest BCUT2D eigenvalue weighted by molar-refractivity contribution is 7.92. The SMILES string of the molecule is O=S(=O)(c1ccccc1)[C@@H]1C[C@H]1c1ccccc1. The van der Waals surface area contributed by atoms with Crippen LogP contribution in [-0.2, 0) is 9.84 Å². The zero-order valence-corrected chi connectivity index (χ0v) is 10.7. The van der Waals surface area contributed by atoms with Gasteiger partial charge in [0.1, 0.15) is 0 Å². The molecule has 3 heteroatoms. The summed E-state index contributed by atoms with van der Waals surface area (Å²) in [7, 11) is -3.16. The predicted molar refractivity (Wildman–Crippen MR) is 71.2 cm³/mol. The quantitative estimate of drug-likeness (QED) is 0.848. The molecule has 1 aliphatic rings. The van der Waals surface area contributed by atoms with Crippen LogP contribution in [0.3, 0.4) is 0 Å². The third kappa shape index (κ3) is 1.95. The van der Waals surface area contributed by atoms with Gasteiger partial charge in [-0.05, 0) is 24.1 Å². The second kappa shape index (κ2) is 4.25. The fourth-order valence-corrected chi connectivity index (χ4v) is 4.29. The summed E-state index contributed by atoms with van der Waals surface area (Å²) >= 11 is 0. The van der Waals surface area contributed by atoms with Crippen LogP contribution in [0.4, 0.5) is 0 Å². The molecule has 0 amide bonds. The normalized spacial score (nSPS) is 22.7. The van der Waals surface area contributed by atoms with Crippen molar-refractivity contribution in [2.75, 3.05) is 0 Å². The Morgan fingerprint density at radius 2 is 1.39 bits per heavy atom. The molecule has 0 saturated heterocycles. The number of sulfone groups is 1. The van der Waals surface area contributed by atoms with Crippen molar-refractivity contribution < 1.29 is 8.42 Å². The Balaban J connectivity index is 1.87. The van der Waals surface area contributed by atoms with E-state index in [2.05, 4.69) is 0 Å². The Kier molecular flexibility index (Phi) is 2.71. The highest BCUT2D eigenvalue weighted by Gasteiger charge is 2.48. The summed E-state index contributed by atoms with van der Waals surface area (Å²) in [6, 6.07) is 18.6. The zero-order chi connectivity index (χ0) is 12.6. The van der Waals surface area contributed by atoms with Crippen molar-refractivity contribution in [3.8, 4) is 0 Å². The average Bonchev–Trinajstić information content (AvgIpc) is 3.22. The summed E-state index contributed by atoms with van der Waals surface area (Å²) in [5.74, 6) is 0.163. The standard InChI is InChI=1S/C15H14O2S/c16-18(17,13-9-5-2-6-10-13)15-11-14(15)12-7-3-1-4-8-12/h1-10,14-15H,11H2/t14-,15+/m0/s1. The van der Waals surface area contributed by atoms with E-state index in [4.69, 9.17) is 0 Å². The molecule has 92 valence electrons. The molecule has 2 atom stereocenters. The topological polar surface area (TPSA) is 34.1 Å². The minimum atomic E-state index is -3.16. The Hall–Kier alpha value is -1.61. The van der Waals surface area contributed by atoms with Crippen LogP contribution in [0.2, 0.25) is 0 Å². The van der Waals surface area contributed by atoms with Gasteiger partial charge in [0.05, 0.1) is 10.1 Å². The van der Waals surface area contributed by atoms with Gasteiger partial charge >= 0.3 is 0 Å². The van der Waals surface area contributed by atoms with E-state index in [9.17, 15) is 8.42 Å². The fourth-order valence-electron chi connectivity index (χ4n) is 2.35. The highest BCUT2D eigenvalue weighted by Crippen LogP contribution is 2.47. The third-order valence-corrected chi connectivity index (χ3v) is 5.68. The molecule has 1 fully saturated rings. The lowest BCUT2D eigenvalue weighted by Crippen LogP contribution is -2.08. The summed E-state index contributed by atoms with van der Waals surface area (Å²) in [6.07, 6.45) is 0.737. The lowest BCUT2D eigenvalue weighted by molar-refractivity contribution is 0.594. The number of rotatable bonds is 3. The highest BCUT2D eigenvalue weighted by atomic mass is 32.2. The smallest absolute Gasteiger partial charge is 0.181 e. The van der Waals surface area contributed by atoms with E-state index in [1.165, 1.54) is 0 Å². The fraction of sp³-hybridized carbons (Fsp3) is 0.200. The first-order valence-corrected chi connectivity index (χ1v) is 7.58. The van der Waals surface area contributed by atoms with Crippen molar-refractivity contribution in [3.05, 3.63) is 66.2 Å². The maximum Gasteiger partial charge on any atom is 0.181 e. The molecule has 2 aromatic carbocycles. The molecule has 2 aromatic rings. The summed E-state index contributed by atoms with van der Waals surface area (Å²) < 4.78 is 24.8. The lowest BCUT2D eigenvalue weighted by atomic mass is 10.1. The van der Waals surface area contributed by atoms with Crippen LogP contribution in [-0.4, -0.2) is 13.7 Å². The Morgan fingerprint density at radius 1 is 0.833 bits per heavy atom. The molecule has 2 nitrogen and oxygen atoms in total. The van der Waals surface area contributed by atoms with Crippen molar-refractivity contribution in [2.45, 2.75) is 22.5 Å². The van der Waals surface area contributed by atoms with Crippen molar-refractivity contribution in [1.29, 1.82) is 0 Å². The van der Waals surface area contributed by atoms with Gasteiger partial charge in [0.15, 0.2) is 9.84 Å². The number of hydrogen-bond donors (Lipinski definition) is 0. The second-order valence-electron chi connectivity index (χ2n) is 4.65. The van der Waals surface area contributed by atoms with Crippen LogP contribution in [0.25, 0.3) is 0 Å². The molecule has 0 aromatic heterocycles. The minimum Gasteiger partial charge on any atom is -0.223 e. The largest absolute Gasteiger partial charge is 0.223 e. The molecule has 0 radical (unpaired) electrons. The van der Waals surface area contributed by atoms with Crippen molar-refractivity contribution >= 4 is 9.84 Å². The van der Waals surface area contributed by atoms with Crippen molar-refractivity contribution in [3.63, 3.8) is 0 Å². The lowest BCUT2D eigenvalue weighted by Gasteiger charge is -2.03. The molecular weight excluding hydrogens is 244 g/mol. The first-order chi connectivity index (χ1) is 8.69. The molecule has 3 rings (SSSR count). The molecule has 0 bridgehead atoms. The molecule has 0 aliphatic heterocycles. The number of benzene rings is 2. The van der Waals surface area contributed by atoms with Crippen molar-refractivity contribution in [2.24, 2.45) is 0 Å². The van der Waals surface area contributed by atoms with Crippen LogP contribution >= 0.6 is 0 Å². The van der Waals surface area contributed by atoms with E-state index >= 15 is 0 Å². The molecule has 0 N–H and O–H groups in total. The summed E-state index contributed by atoms with van der Waals surface area (Å²) in [5, 5.41) is -0.248. The minimum absolute atomic E-state index is 0.163. The predicted octanol–water partition coefficient (Wildman–Crippen LogP) is 3.02. The Labute approximate surface area is 107 Å². The molecule has 0 unspecified atom stereocenters. The molecule has 18 heavy (non-hydrogen) atoms. The summed E-state index contributed by atoms with van der Waals surface area (Å²) in [4.78, 5) is 0.438. The molecular formula is C15H14O2S. The monoisotopic (exact) mass is 258 g/mol. The van der Waals surface area contributed by atoms with Crippen LogP contribution in [0, 0.1) is 0 Å². The van der Waals surface area contributed by atoms with Gasteiger partial charge in [0.2, 0.25) is 0 Å². The van der Waals surface area contributed by atoms with E-state index in [0.717, 1.165) is 12.0 Å². The van der Waals surface area contributed by atoms with E-state index in [-0.39, 0.29) is 11.2 Å². The second-order valence-corrected chi connectivity index (χ2v) is 6.82. The molecule has 1 aliphatic carbocycles. The zero-order valence-electron chi connectivity index (χ0n) is 9.86. The van der Waals surface area contributed by atoms with Gasteiger partial charge < -0.3 is 0 Å². The van der Waals surface area contributed by atoms with Crippen molar-refractivity contribution in [1.82, 2.24) is 0 Å². The summed E-state index contributed by atoms with van der Waals surface area (Å²) in [6.45, 7) is 0. The van der Waals surface area contributed by atoms with Gasteiger partial charge in [0, 0.05) is 5.92 Å². The van der Waals surface area contributed by atoms with Gasteiger partial charge in [-0.3, -0.25) is 0 Å². The third-order valence-electron chi connectivity index (χ3n) is 3.43. The van der Waals surface area contributed by atoms with Crippen LogP contribution in [0.5, 0.6) is 0 Å². The van der Waals surface area contributed by atoms with Gasteiger partial charge in [0.25, 0.3) is 0 Å². The average molecular weight is 258 g/mol. The van der Waals surface area contributed by atoms with Crippen LogP contribution in [0.1, 0.15) is 17.9 Å². The molecule has 0 spiro atoms. The van der Waals surface area contributed by atoms with Crippen LogP contribution in [0.15, 0.2) is 65.6 Å². The van der Waals surface area contributed by atoms with E-state index < -0.39 is 9.84 Å². The van der Waals surface area contributed by atoms with Crippen LogP contribution < -0.4 is 0 Å². The number of hydrogen-bond acceptors (Lipinski definition) is 2. The van der Waals surface area contributed by atoms with E-state index in [1.807, 2.05) is 36.4 Å². The molecule has 1 saturated carbocycles. The first kappa shape index (κ1) is 11.5. The van der Waals surface area contributed by atoms with Gasteiger partial charge in [-0.2, -0.15) is 0 Å². The summed E-state index contributed by atoms with van der Waals surface area (Å²) in [5.41, 5.74) is 1.13. The van der Waals surface area contributed by atoms with E-state index in [0.29, 0.717) is 4.90 Å². The van der Waals surface area contributed by atoms with Gasteiger partial charge in [-0.1, -0.05) is 48.5 Å². The Morgan fingerprint density at radius 3 is 2.00 bits per heavy atom. The van der Waals surface area contributed by atoms with Gasteiger partial charge in [-0.25, -0.2) is 8.42 Å².